The Morgan fingerprint density at radius 1 is 1.22 bits per heavy atom. The van der Waals surface area contributed by atoms with Crippen molar-refractivity contribution in [1.82, 2.24) is 9.97 Å². The van der Waals surface area contributed by atoms with Crippen molar-refractivity contribution < 1.29 is 0 Å². The van der Waals surface area contributed by atoms with Crippen LogP contribution in [0.15, 0.2) is 4.47 Å². The first-order valence-corrected chi connectivity index (χ1v) is 7.82. The number of nitrogens with zero attached hydrogens (tertiary/aromatic N) is 3. The third kappa shape index (κ3) is 2.80. The average Bonchev–Trinajstić information content (AvgIpc) is 2.88. The maximum atomic E-state index is 6.23. The first kappa shape index (κ1) is 14.1. The summed E-state index contributed by atoms with van der Waals surface area (Å²) >= 11 is 9.77. The van der Waals surface area contributed by atoms with Crippen LogP contribution in [0.2, 0.25) is 5.15 Å². The fraction of sp³-hybridized carbons (Fsp3) is 0.692. The van der Waals surface area contributed by atoms with Crippen LogP contribution in [0, 0.1) is 0 Å². The predicted molar refractivity (Wildman–Crippen MR) is 79.5 cm³/mol. The first-order chi connectivity index (χ1) is 8.67. The normalized spacial score (nSPS) is 16.2. The number of rotatable bonds is 4. The highest BCUT2D eigenvalue weighted by atomic mass is 79.9. The summed E-state index contributed by atoms with van der Waals surface area (Å²) in [7, 11) is 0. The Bertz CT molecular complexity index is 415. The van der Waals surface area contributed by atoms with E-state index < -0.39 is 0 Å². The van der Waals surface area contributed by atoms with Crippen LogP contribution in [-0.4, -0.2) is 23.1 Å². The summed E-state index contributed by atoms with van der Waals surface area (Å²) in [6.07, 6.45) is 5.01. The van der Waals surface area contributed by atoms with Crippen molar-refractivity contribution in [1.29, 1.82) is 0 Å². The van der Waals surface area contributed by atoms with Crippen molar-refractivity contribution in [3.8, 4) is 0 Å². The van der Waals surface area contributed by atoms with Gasteiger partial charge < -0.3 is 4.90 Å². The van der Waals surface area contributed by atoms with Crippen molar-refractivity contribution in [2.75, 3.05) is 18.0 Å². The second-order valence-corrected chi connectivity index (χ2v) is 5.82. The number of hydrogen-bond acceptors (Lipinski definition) is 3. The summed E-state index contributed by atoms with van der Waals surface area (Å²) < 4.78 is 0.881. The second kappa shape index (κ2) is 6.20. The monoisotopic (exact) mass is 331 g/mol. The zero-order valence-electron chi connectivity index (χ0n) is 10.9. The molecule has 1 aromatic heterocycles. The molecule has 0 radical (unpaired) electrons. The minimum Gasteiger partial charge on any atom is -0.341 e. The molecule has 100 valence electrons. The van der Waals surface area contributed by atoms with E-state index in [1.54, 1.807) is 0 Å². The van der Waals surface area contributed by atoms with Crippen LogP contribution in [0.3, 0.4) is 0 Å². The molecular weight excluding hydrogens is 314 g/mol. The molecule has 0 aromatic carbocycles. The van der Waals surface area contributed by atoms with Gasteiger partial charge in [-0.15, -0.1) is 0 Å². The van der Waals surface area contributed by atoms with Crippen LogP contribution in [-0.2, 0) is 0 Å². The SMILES string of the molecule is CCN(CC)c1nc(Cl)c(Br)c(C2CCCC2)n1. The van der Waals surface area contributed by atoms with Crippen molar-refractivity contribution in [3.63, 3.8) is 0 Å². The number of anilines is 1. The summed E-state index contributed by atoms with van der Waals surface area (Å²) in [5.74, 6) is 1.30. The molecule has 1 aromatic rings. The lowest BCUT2D eigenvalue weighted by Crippen LogP contribution is -2.25. The Kier molecular flexibility index (Phi) is 4.84. The van der Waals surface area contributed by atoms with Crippen LogP contribution < -0.4 is 4.90 Å². The smallest absolute Gasteiger partial charge is 0.227 e. The molecule has 0 amide bonds. The largest absolute Gasteiger partial charge is 0.341 e. The first-order valence-electron chi connectivity index (χ1n) is 6.65. The molecule has 1 saturated carbocycles. The summed E-state index contributed by atoms with van der Waals surface area (Å²) in [6.45, 7) is 6.02. The molecule has 0 unspecified atom stereocenters. The highest BCUT2D eigenvalue weighted by molar-refractivity contribution is 9.10. The Morgan fingerprint density at radius 2 is 1.83 bits per heavy atom. The van der Waals surface area contributed by atoms with Gasteiger partial charge in [0.1, 0.15) is 5.15 Å². The van der Waals surface area contributed by atoms with E-state index in [0.29, 0.717) is 11.1 Å². The molecule has 0 N–H and O–H groups in total. The molecule has 5 heteroatoms. The molecule has 3 nitrogen and oxygen atoms in total. The summed E-state index contributed by atoms with van der Waals surface area (Å²) in [5.41, 5.74) is 1.09. The Labute approximate surface area is 122 Å². The van der Waals surface area contributed by atoms with Crippen LogP contribution in [0.4, 0.5) is 5.95 Å². The van der Waals surface area contributed by atoms with Gasteiger partial charge in [0.05, 0.1) is 10.2 Å². The lowest BCUT2D eigenvalue weighted by atomic mass is 10.0. The molecule has 18 heavy (non-hydrogen) atoms. The van der Waals surface area contributed by atoms with Crippen molar-refractivity contribution >= 4 is 33.5 Å². The number of halogens is 2. The van der Waals surface area contributed by atoms with Gasteiger partial charge in [-0.2, -0.15) is 4.98 Å². The topological polar surface area (TPSA) is 29.0 Å². The molecule has 1 heterocycles. The van der Waals surface area contributed by atoms with Crippen molar-refractivity contribution in [2.45, 2.75) is 45.4 Å². The van der Waals surface area contributed by atoms with Crippen molar-refractivity contribution in [3.05, 3.63) is 15.3 Å². The number of hydrogen-bond donors (Lipinski definition) is 0. The lowest BCUT2D eigenvalue weighted by molar-refractivity contribution is 0.682. The lowest BCUT2D eigenvalue weighted by Gasteiger charge is -2.21. The maximum Gasteiger partial charge on any atom is 0.227 e. The van der Waals surface area contributed by atoms with Crippen molar-refractivity contribution in [2.24, 2.45) is 0 Å². The van der Waals surface area contributed by atoms with E-state index in [1.807, 2.05) is 0 Å². The molecule has 1 fully saturated rings. The van der Waals surface area contributed by atoms with E-state index in [0.717, 1.165) is 29.2 Å². The third-order valence-electron chi connectivity index (χ3n) is 3.61. The zero-order valence-corrected chi connectivity index (χ0v) is 13.3. The van der Waals surface area contributed by atoms with E-state index in [2.05, 4.69) is 39.7 Å². The summed E-state index contributed by atoms with van der Waals surface area (Å²) in [6, 6.07) is 0. The highest BCUT2D eigenvalue weighted by Crippen LogP contribution is 2.39. The number of aromatic nitrogens is 2. The minimum absolute atomic E-state index is 0.536. The van der Waals surface area contributed by atoms with Gasteiger partial charge in [-0.25, -0.2) is 4.98 Å². The molecule has 2 rings (SSSR count). The van der Waals surface area contributed by atoms with Gasteiger partial charge in [-0.05, 0) is 42.6 Å². The van der Waals surface area contributed by atoms with E-state index in [4.69, 9.17) is 16.6 Å². The maximum absolute atomic E-state index is 6.23. The molecule has 0 atom stereocenters. The second-order valence-electron chi connectivity index (χ2n) is 4.67. The van der Waals surface area contributed by atoms with Gasteiger partial charge in [0.15, 0.2) is 0 Å². The molecular formula is C13H19BrClN3. The minimum atomic E-state index is 0.536. The molecule has 0 spiro atoms. The van der Waals surface area contributed by atoms with Gasteiger partial charge in [0, 0.05) is 19.0 Å². The third-order valence-corrected chi connectivity index (χ3v) is 4.90. The van der Waals surface area contributed by atoms with Crippen LogP contribution in [0.5, 0.6) is 0 Å². The van der Waals surface area contributed by atoms with Crippen LogP contribution in [0.25, 0.3) is 0 Å². The van der Waals surface area contributed by atoms with Gasteiger partial charge >= 0.3 is 0 Å². The zero-order chi connectivity index (χ0) is 13.1. The van der Waals surface area contributed by atoms with Gasteiger partial charge in [-0.3, -0.25) is 0 Å². The summed E-state index contributed by atoms with van der Waals surface area (Å²) in [4.78, 5) is 11.3. The fourth-order valence-electron chi connectivity index (χ4n) is 2.54. The highest BCUT2D eigenvalue weighted by Gasteiger charge is 2.24. The quantitative estimate of drug-likeness (QED) is 0.765. The fourth-order valence-corrected chi connectivity index (χ4v) is 3.22. The predicted octanol–water partition coefficient (Wildman–Crippen LogP) is 4.40. The average molecular weight is 333 g/mol. The molecule has 0 saturated heterocycles. The van der Waals surface area contributed by atoms with Gasteiger partial charge in [0.2, 0.25) is 5.95 Å². The van der Waals surface area contributed by atoms with E-state index in [9.17, 15) is 0 Å². The standard InChI is InChI=1S/C13H19BrClN3/c1-3-18(4-2)13-16-11(9-7-5-6-8-9)10(14)12(15)17-13/h9H,3-8H2,1-2H3. The van der Waals surface area contributed by atoms with Crippen LogP contribution >= 0.6 is 27.5 Å². The molecule has 1 aliphatic carbocycles. The summed E-state index contributed by atoms with van der Waals surface area (Å²) in [5, 5.41) is 0.536. The Morgan fingerprint density at radius 3 is 2.39 bits per heavy atom. The Hall–Kier alpha value is -0.350. The van der Waals surface area contributed by atoms with E-state index in [1.165, 1.54) is 25.7 Å². The molecule has 0 aliphatic heterocycles. The van der Waals surface area contributed by atoms with Gasteiger partial charge in [-0.1, -0.05) is 24.4 Å². The van der Waals surface area contributed by atoms with Gasteiger partial charge in [0.25, 0.3) is 0 Å². The van der Waals surface area contributed by atoms with E-state index >= 15 is 0 Å². The van der Waals surface area contributed by atoms with Crippen LogP contribution in [0.1, 0.15) is 51.1 Å². The molecule has 1 aliphatic rings. The van der Waals surface area contributed by atoms with E-state index in [-0.39, 0.29) is 0 Å². The molecule has 0 bridgehead atoms. The Balaban J connectivity index is 2.38.